The quantitative estimate of drug-likeness (QED) is 0.612. The van der Waals surface area contributed by atoms with Gasteiger partial charge in [-0.05, 0) is 12.8 Å². The highest BCUT2D eigenvalue weighted by Gasteiger charge is 2.42. The fraction of sp³-hybridized carbons (Fsp3) is 0.625. The summed E-state index contributed by atoms with van der Waals surface area (Å²) in [5.41, 5.74) is 6.18. The van der Waals surface area contributed by atoms with Crippen molar-refractivity contribution in [2.24, 2.45) is 7.05 Å². The summed E-state index contributed by atoms with van der Waals surface area (Å²) in [5, 5.41) is 16.4. The average Bonchev–Trinajstić information content (AvgIpc) is 2.77. The standard InChI is InChI=1S/C8H14N4O/c1-12-4-6(9)7(11-12)10-8(5-13)2-3-8/h4,13H,2-3,5,9H2,1H3,(H,10,11). The van der Waals surface area contributed by atoms with Crippen LogP contribution in [0.25, 0.3) is 0 Å². The Morgan fingerprint density at radius 2 is 2.46 bits per heavy atom. The number of anilines is 2. The SMILES string of the molecule is Cn1cc(N)c(NC2(CO)CC2)n1. The largest absolute Gasteiger partial charge is 0.394 e. The average molecular weight is 182 g/mol. The smallest absolute Gasteiger partial charge is 0.171 e. The van der Waals surface area contributed by atoms with Crippen molar-refractivity contribution in [2.75, 3.05) is 17.7 Å². The first kappa shape index (κ1) is 8.37. The molecule has 4 N–H and O–H groups in total. The lowest BCUT2D eigenvalue weighted by molar-refractivity contribution is 0.266. The molecule has 1 saturated carbocycles. The molecule has 13 heavy (non-hydrogen) atoms. The van der Waals surface area contributed by atoms with Crippen LogP contribution >= 0.6 is 0 Å². The van der Waals surface area contributed by atoms with Crippen LogP contribution in [0.2, 0.25) is 0 Å². The second-order valence-corrected chi connectivity index (χ2v) is 3.67. The maximum absolute atomic E-state index is 9.08. The molecule has 0 spiro atoms. The van der Waals surface area contributed by atoms with Gasteiger partial charge in [-0.1, -0.05) is 0 Å². The number of aryl methyl sites for hydroxylation is 1. The van der Waals surface area contributed by atoms with Crippen LogP contribution in [0, 0.1) is 0 Å². The summed E-state index contributed by atoms with van der Waals surface area (Å²) in [5.74, 6) is 0.675. The third-order valence-electron chi connectivity index (χ3n) is 2.40. The second-order valence-electron chi connectivity index (χ2n) is 3.67. The van der Waals surface area contributed by atoms with Gasteiger partial charge in [0.15, 0.2) is 5.82 Å². The Labute approximate surface area is 76.5 Å². The molecule has 0 radical (unpaired) electrons. The number of rotatable bonds is 3. The molecule has 1 fully saturated rings. The molecule has 1 heterocycles. The van der Waals surface area contributed by atoms with Crippen molar-refractivity contribution >= 4 is 11.5 Å². The molecule has 2 rings (SSSR count). The Hall–Kier alpha value is -1.23. The molecule has 0 bridgehead atoms. The maximum Gasteiger partial charge on any atom is 0.171 e. The highest BCUT2D eigenvalue weighted by molar-refractivity contribution is 5.61. The third-order valence-corrected chi connectivity index (χ3v) is 2.40. The molecule has 0 unspecified atom stereocenters. The van der Waals surface area contributed by atoms with E-state index in [1.54, 1.807) is 10.9 Å². The van der Waals surface area contributed by atoms with E-state index in [-0.39, 0.29) is 12.1 Å². The summed E-state index contributed by atoms with van der Waals surface area (Å²) in [6.45, 7) is 0.142. The third kappa shape index (κ3) is 1.47. The van der Waals surface area contributed by atoms with E-state index in [1.807, 2.05) is 7.05 Å². The van der Waals surface area contributed by atoms with Crippen LogP contribution in [-0.2, 0) is 7.05 Å². The highest BCUT2D eigenvalue weighted by atomic mass is 16.3. The maximum atomic E-state index is 9.08. The van der Waals surface area contributed by atoms with Gasteiger partial charge in [-0.2, -0.15) is 5.10 Å². The topological polar surface area (TPSA) is 76.1 Å². The zero-order valence-corrected chi connectivity index (χ0v) is 7.62. The summed E-state index contributed by atoms with van der Waals surface area (Å²) in [6, 6.07) is 0. The molecule has 72 valence electrons. The number of hydrogen-bond acceptors (Lipinski definition) is 4. The van der Waals surface area contributed by atoms with Gasteiger partial charge in [0, 0.05) is 13.2 Å². The van der Waals surface area contributed by atoms with Crippen LogP contribution in [-0.4, -0.2) is 27.0 Å². The molecule has 1 aromatic rings. The summed E-state index contributed by atoms with van der Waals surface area (Å²) in [4.78, 5) is 0. The van der Waals surface area contributed by atoms with E-state index in [2.05, 4.69) is 10.4 Å². The van der Waals surface area contributed by atoms with Crippen molar-refractivity contribution in [1.29, 1.82) is 0 Å². The molecular formula is C8H14N4O. The van der Waals surface area contributed by atoms with Crippen molar-refractivity contribution in [3.63, 3.8) is 0 Å². The van der Waals surface area contributed by atoms with Gasteiger partial charge in [0.05, 0.1) is 17.8 Å². The molecule has 0 amide bonds. The summed E-state index contributed by atoms with van der Waals surface area (Å²) < 4.78 is 1.66. The summed E-state index contributed by atoms with van der Waals surface area (Å²) in [7, 11) is 1.82. The van der Waals surface area contributed by atoms with Gasteiger partial charge in [0.1, 0.15) is 0 Å². The molecule has 5 heteroatoms. The first-order valence-electron chi connectivity index (χ1n) is 4.33. The molecule has 0 atom stereocenters. The Morgan fingerprint density at radius 3 is 2.85 bits per heavy atom. The first-order chi connectivity index (χ1) is 6.15. The van der Waals surface area contributed by atoms with Crippen LogP contribution in [0.15, 0.2) is 6.20 Å². The molecule has 1 aliphatic carbocycles. The fourth-order valence-corrected chi connectivity index (χ4v) is 1.33. The molecule has 0 aromatic carbocycles. The Kier molecular flexibility index (Phi) is 1.69. The van der Waals surface area contributed by atoms with Crippen molar-refractivity contribution in [3.05, 3.63) is 6.20 Å². The van der Waals surface area contributed by atoms with Crippen LogP contribution in [0.3, 0.4) is 0 Å². The lowest BCUT2D eigenvalue weighted by atomic mass is 10.3. The molecule has 0 saturated heterocycles. The lowest BCUT2D eigenvalue weighted by Crippen LogP contribution is -2.26. The number of nitrogens with two attached hydrogens (primary N) is 1. The molecule has 0 aliphatic heterocycles. The van der Waals surface area contributed by atoms with Crippen molar-refractivity contribution in [2.45, 2.75) is 18.4 Å². The van der Waals surface area contributed by atoms with Gasteiger partial charge in [-0.3, -0.25) is 4.68 Å². The summed E-state index contributed by atoms with van der Waals surface area (Å²) in [6.07, 6.45) is 3.72. The molecular weight excluding hydrogens is 168 g/mol. The van der Waals surface area contributed by atoms with E-state index in [4.69, 9.17) is 10.8 Å². The van der Waals surface area contributed by atoms with Crippen LogP contribution in [0.1, 0.15) is 12.8 Å². The van der Waals surface area contributed by atoms with Crippen LogP contribution in [0.5, 0.6) is 0 Å². The molecule has 1 aliphatic rings. The zero-order chi connectivity index (χ0) is 9.47. The van der Waals surface area contributed by atoms with Crippen molar-refractivity contribution in [3.8, 4) is 0 Å². The van der Waals surface area contributed by atoms with E-state index < -0.39 is 0 Å². The number of aliphatic hydroxyl groups is 1. The number of nitrogens with one attached hydrogen (secondary N) is 1. The van der Waals surface area contributed by atoms with Crippen molar-refractivity contribution < 1.29 is 5.11 Å². The monoisotopic (exact) mass is 182 g/mol. The van der Waals surface area contributed by atoms with Crippen LogP contribution in [0.4, 0.5) is 11.5 Å². The van der Waals surface area contributed by atoms with E-state index in [0.29, 0.717) is 11.5 Å². The minimum absolute atomic E-state index is 0.142. The minimum atomic E-state index is -0.150. The predicted molar refractivity (Wildman–Crippen MR) is 50.3 cm³/mol. The van der Waals surface area contributed by atoms with Gasteiger partial charge >= 0.3 is 0 Å². The fourth-order valence-electron chi connectivity index (χ4n) is 1.33. The molecule has 5 nitrogen and oxygen atoms in total. The van der Waals surface area contributed by atoms with Gasteiger partial charge in [-0.15, -0.1) is 0 Å². The Bertz CT molecular complexity index is 316. The predicted octanol–water partition coefficient (Wildman–Crippen LogP) is -0.0609. The first-order valence-corrected chi connectivity index (χ1v) is 4.33. The zero-order valence-electron chi connectivity index (χ0n) is 7.62. The normalized spacial score (nSPS) is 18.6. The Balaban J connectivity index is 2.13. The van der Waals surface area contributed by atoms with Crippen molar-refractivity contribution in [1.82, 2.24) is 9.78 Å². The van der Waals surface area contributed by atoms with Crippen LogP contribution < -0.4 is 11.1 Å². The van der Waals surface area contributed by atoms with E-state index >= 15 is 0 Å². The van der Waals surface area contributed by atoms with Gasteiger partial charge in [-0.25, -0.2) is 0 Å². The second kappa shape index (κ2) is 2.63. The van der Waals surface area contributed by atoms with E-state index in [1.165, 1.54) is 0 Å². The minimum Gasteiger partial charge on any atom is -0.394 e. The van der Waals surface area contributed by atoms with Gasteiger partial charge in [0.2, 0.25) is 0 Å². The number of aromatic nitrogens is 2. The summed E-state index contributed by atoms with van der Waals surface area (Å²) >= 11 is 0. The number of nitrogen functional groups attached to an aromatic ring is 1. The Morgan fingerprint density at radius 1 is 1.77 bits per heavy atom. The number of hydrogen-bond donors (Lipinski definition) is 3. The van der Waals surface area contributed by atoms with Gasteiger partial charge < -0.3 is 16.2 Å². The molecule has 1 aromatic heterocycles. The highest BCUT2D eigenvalue weighted by Crippen LogP contribution is 2.38. The van der Waals surface area contributed by atoms with E-state index in [0.717, 1.165) is 12.8 Å². The number of nitrogens with zero attached hydrogens (tertiary/aromatic N) is 2. The number of aliphatic hydroxyl groups excluding tert-OH is 1. The van der Waals surface area contributed by atoms with Gasteiger partial charge in [0.25, 0.3) is 0 Å². The lowest BCUT2D eigenvalue weighted by Gasteiger charge is -2.13. The van der Waals surface area contributed by atoms with E-state index in [9.17, 15) is 0 Å².